The molecule has 5 heteroatoms. The van der Waals surface area contributed by atoms with Crippen LogP contribution in [0.2, 0.25) is 0 Å². The zero-order valence-corrected chi connectivity index (χ0v) is 11.6. The van der Waals surface area contributed by atoms with Crippen molar-refractivity contribution < 1.29 is 19.5 Å². The van der Waals surface area contributed by atoms with Crippen molar-refractivity contribution in [2.45, 2.75) is 6.61 Å². The van der Waals surface area contributed by atoms with Gasteiger partial charge >= 0.3 is 5.97 Å². The molecule has 0 amide bonds. The van der Waals surface area contributed by atoms with Gasteiger partial charge in [-0.1, -0.05) is 41.6 Å². The third-order valence-electron chi connectivity index (χ3n) is 3.34. The Morgan fingerprint density at radius 1 is 1.05 bits per heavy atom. The van der Waals surface area contributed by atoms with Crippen LogP contribution in [0.1, 0.15) is 15.9 Å². The third kappa shape index (κ3) is 2.75. The predicted molar refractivity (Wildman–Crippen MR) is 80.3 cm³/mol. The van der Waals surface area contributed by atoms with Crippen LogP contribution in [0.25, 0.3) is 22.6 Å². The molecule has 2 N–H and O–H groups in total. The number of carboxylic acid groups (broad SMARTS) is 1. The average Bonchev–Trinajstić information content (AvgIpc) is 3.05. The predicted octanol–water partition coefficient (Wildman–Crippen LogP) is 3.20. The molecule has 0 aliphatic rings. The highest BCUT2D eigenvalue weighted by molar-refractivity contribution is 5.89. The summed E-state index contributed by atoms with van der Waals surface area (Å²) in [5, 5.41) is 22.1. The van der Waals surface area contributed by atoms with Crippen molar-refractivity contribution in [2.75, 3.05) is 0 Å². The van der Waals surface area contributed by atoms with Gasteiger partial charge in [-0.2, -0.15) is 0 Å². The maximum Gasteiger partial charge on any atom is 0.335 e. The van der Waals surface area contributed by atoms with Crippen molar-refractivity contribution in [1.29, 1.82) is 0 Å². The Morgan fingerprint density at radius 3 is 2.50 bits per heavy atom. The first-order chi connectivity index (χ1) is 10.7. The number of hydrogen-bond donors (Lipinski definition) is 2. The number of aromatic nitrogens is 1. The molecule has 0 atom stereocenters. The van der Waals surface area contributed by atoms with Gasteiger partial charge in [-0.25, -0.2) is 4.79 Å². The van der Waals surface area contributed by atoms with E-state index in [2.05, 4.69) is 5.16 Å². The summed E-state index contributed by atoms with van der Waals surface area (Å²) < 4.78 is 5.32. The maximum atomic E-state index is 11.0. The van der Waals surface area contributed by atoms with E-state index in [0.717, 1.165) is 11.1 Å². The normalized spacial score (nSPS) is 10.6. The molecule has 22 heavy (non-hydrogen) atoms. The van der Waals surface area contributed by atoms with E-state index < -0.39 is 5.97 Å². The molecule has 5 nitrogen and oxygen atoms in total. The molecule has 0 bridgehead atoms. The Labute approximate surface area is 126 Å². The van der Waals surface area contributed by atoms with Crippen LogP contribution >= 0.6 is 0 Å². The van der Waals surface area contributed by atoms with Crippen molar-refractivity contribution in [3.05, 3.63) is 65.7 Å². The number of nitrogens with zero attached hydrogens (tertiary/aromatic N) is 1. The largest absolute Gasteiger partial charge is 0.478 e. The highest BCUT2D eigenvalue weighted by Gasteiger charge is 2.10. The summed E-state index contributed by atoms with van der Waals surface area (Å²) in [5.41, 5.74) is 3.11. The van der Waals surface area contributed by atoms with Crippen LogP contribution in [-0.4, -0.2) is 21.3 Å². The summed E-state index contributed by atoms with van der Waals surface area (Å²) >= 11 is 0. The van der Waals surface area contributed by atoms with E-state index in [9.17, 15) is 4.79 Å². The number of rotatable bonds is 4. The Hall–Kier alpha value is -2.92. The molecule has 3 aromatic rings. The van der Waals surface area contributed by atoms with Crippen molar-refractivity contribution in [1.82, 2.24) is 5.16 Å². The molecule has 0 aliphatic carbocycles. The lowest BCUT2D eigenvalue weighted by Crippen LogP contribution is -1.95. The molecule has 0 fully saturated rings. The van der Waals surface area contributed by atoms with Gasteiger partial charge in [-0.3, -0.25) is 0 Å². The van der Waals surface area contributed by atoms with Crippen molar-refractivity contribution in [3.63, 3.8) is 0 Å². The highest BCUT2D eigenvalue weighted by atomic mass is 16.5. The first-order valence-electron chi connectivity index (χ1n) is 6.68. The molecule has 0 radical (unpaired) electrons. The van der Waals surface area contributed by atoms with Gasteiger partial charge in [0.2, 0.25) is 0 Å². The summed E-state index contributed by atoms with van der Waals surface area (Å²) in [4.78, 5) is 11.0. The lowest BCUT2D eigenvalue weighted by molar-refractivity contribution is 0.0697. The molecule has 3 rings (SSSR count). The molecule has 2 aromatic carbocycles. The molecule has 0 spiro atoms. The third-order valence-corrected chi connectivity index (χ3v) is 3.34. The van der Waals surface area contributed by atoms with Crippen molar-refractivity contribution in [3.8, 4) is 22.6 Å². The summed E-state index contributed by atoms with van der Waals surface area (Å²) in [6.45, 7) is -0.0100. The summed E-state index contributed by atoms with van der Waals surface area (Å²) in [5.74, 6) is -0.398. The average molecular weight is 295 g/mol. The first kappa shape index (κ1) is 14.0. The Bertz CT molecular complexity index is 806. The minimum absolute atomic E-state index is 0.0100. The number of hydrogen-bond acceptors (Lipinski definition) is 4. The smallest absolute Gasteiger partial charge is 0.335 e. The molecule has 0 saturated carbocycles. The Kier molecular flexibility index (Phi) is 3.72. The van der Waals surface area contributed by atoms with Crippen LogP contribution in [0.5, 0.6) is 0 Å². The van der Waals surface area contributed by atoms with Crippen LogP contribution in [0.4, 0.5) is 0 Å². The van der Waals surface area contributed by atoms with Gasteiger partial charge in [0.15, 0.2) is 5.76 Å². The van der Waals surface area contributed by atoms with Crippen LogP contribution in [-0.2, 0) is 6.61 Å². The van der Waals surface area contributed by atoms with E-state index in [1.165, 1.54) is 6.07 Å². The van der Waals surface area contributed by atoms with Crippen LogP contribution in [0.15, 0.2) is 59.1 Å². The van der Waals surface area contributed by atoms with Gasteiger partial charge in [-0.15, -0.1) is 0 Å². The fraction of sp³-hybridized carbons (Fsp3) is 0.0588. The minimum atomic E-state index is -0.981. The molecule has 0 saturated heterocycles. The Balaban J connectivity index is 1.93. The molecular weight excluding hydrogens is 282 g/mol. The number of benzene rings is 2. The van der Waals surface area contributed by atoms with E-state index in [-0.39, 0.29) is 12.2 Å². The zero-order chi connectivity index (χ0) is 15.5. The fourth-order valence-corrected chi connectivity index (χ4v) is 2.13. The standard InChI is InChI=1S/C17H13NO4/c19-10-11-4-6-12(7-5-11)16-9-15(18-22-16)13-2-1-3-14(8-13)17(20)21/h1-9,19H,10H2,(H,20,21). The van der Waals surface area contributed by atoms with Gasteiger partial charge in [0.1, 0.15) is 5.69 Å². The fourth-order valence-electron chi connectivity index (χ4n) is 2.13. The van der Waals surface area contributed by atoms with Crippen LogP contribution in [0.3, 0.4) is 0 Å². The number of aromatic carboxylic acids is 1. The van der Waals surface area contributed by atoms with Crippen molar-refractivity contribution in [2.24, 2.45) is 0 Å². The second-order valence-electron chi connectivity index (χ2n) is 4.82. The van der Waals surface area contributed by atoms with Gasteiger partial charge in [0.05, 0.1) is 12.2 Å². The molecule has 1 heterocycles. The number of aliphatic hydroxyl groups is 1. The highest BCUT2D eigenvalue weighted by Crippen LogP contribution is 2.26. The monoisotopic (exact) mass is 295 g/mol. The van der Waals surface area contributed by atoms with E-state index in [0.29, 0.717) is 17.0 Å². The SMILES string of the molecule is O=C(O)c1cccc(-c2cc(-c3ccc(CO)cc3)on2)c1. The van der Waals surface area contributed by atoms with Crippen LogP contribution < -0.4 is 0 Å². The lowest BCUT2D eigenvalue weighted by atomic mass is 10.1. The first-order valence-corrected chi connectivity index (χ1v) is 6.68. The number of carboxylic acids is 1. The molecule has 1 aromatic heterocycles. The van der Waals surface area contributed by atoms with Crippen LogP contribution in [0, 0.1) is 0 Å². The van der Waals surface area contributed by atoms with Gasteiger partial charge in [0, 0.05) is 17.2 Å². The van der Waals surface area contributed by atoms with E-state index in [1.807, 2.05) is 24.3 Å². The summed E-state index contributed by atoms with van der Waals surface area (Å²) in [6, 6.07) is 15.6. The van der Waals surface area contributed by atoms with Crippen molar-refractivity contribution >= 4 is 5.97 Å². The Morgan fingerprint density at radius 2 is 1.82 bits per heavy atom. The second kappa shape index (κ2) is 5.83. The van der Waals surface area contributed by atoms with E-state index in [1.54, 1.807) is 24.3 Å². The zero-order valence-electron chi connectivity index (χ0n) is 11.6. The molecular formula is C17H13NO4. The van der Waals surface area contributed by atoms with Gasteiger partial charge in [-0.05, 0) is 17.7 Å². The lowest BCUT2D eigenvalue weighted by Gasteiger charge is -1.98. The summed E-state index contributed by atoms with van der Waals surface area (Å²) in [6.07, 6.45) is 0. The molecule has 110 valence electrons. The minimum Gasteiger partial charge on any atom is -0.478 e. The summed E-state index contributed by atoms with van der Waals surface area (Å²) in [7, 11) is 0. The maximum absolute atomic E-state index is 11.0. The molecule has 0 unspecified atom stereocenters. The van der Waals surface area contributed by atoms with E-state index in [4.69, 9.17) is 14.7 Å². The molecule has 0 aliphatic heterocycles. The quantitative estimate of drug-likeness (QED) is 0.772. The van der Waals surface area contributed by atoms with Gasteiger partial charge in [0.25, 0.3) is 0 Å². The number of aliphatic hydroxyl groups excluding tert-OH is 1. The second-order valence-corrected chi connectivity index (χ2v) is 4.82. The van der Waals surface area contributed by atoms with E-state index >= 15 is 0 Å². The number of carbonyl (C=O) groups is 1. The topological polar surface area (TPSA) is 83.6 Å². The van der Waals surface area contributed by atoms with Gasteiger partial charge < -0.3 is 14.7 Å².